The maximum absolute atomic E-state index is 13.7. The molecule has 2 aliphatic rings. The Labute approximate surface area is 238 Å². The van der Waals surface area contributed by atoms with Gasteiger partial charge in [-0.3, -0.25) is 19.1 Å². The van der Waals surface area contributed by atoms with E-state index in [1.54, 1.807) is 26.8 Å². The fourth-order valence-corrected chi connectivity index (χ4v) is 5.14. The number of amides is 4. The number of carbonyl (C=O) groups excluding carboxylic acids is 4. The summed E-state index contributed by atoms with van der Waals surface area (Å²) in [7, 11) is 0. The highest BCUT2D eigenvalue weighted by Gasteiger charge is 2.41. The van der Waals surface area contributed by atoms with Crippen LogP contribution >= 0.6 is 11.9 Å². The summed E-state index contributed by atoms with van der Waals surface area (Å²) < 4.78 is 8.35. The van der Waals surface area contributed by atoms with E-state index in [0.717, 1.165) is 38.5 Å². The molecule has 9 nitrogen and oxygen atoms in total. The topological polar surface area (TPSA) is 117 Å². The molecule has 4 atom stereocenters. The minimum atomic E-state index is -0.807. The molecular formula is C29H48N4O5S. The zero-order chi connectivity index (χ0) is 29.2. The Balaban J connectivity index is 2.10. The Morgan fingerprint density at radius 2 is 1.82 bits per heavy atom. The van der Waals surface area contributed by atoms with Gasteiger partial charge in [-0.1, -0.05) is 31.9 Å². The van der Waals surface area contributed by atoms with Crippen molar-refractivity contribution in [1.82, 2.24) is 20.3 Å². The molecule has 10 heteroatoms. The summed E-state index contributed by atoms with van der Waals surface area (Å²) in [5.41, 5.74) is -0.704. The van der Waals surface area contributed by atoms with Crippen LogP contribution in [0.15, 0.2) is 25.3 Å². The van der Waals surface area contributed by atoms with E-state index in [9.17, 15) is 19.2 Å². The Morgan fingerprint density at radius 1 is 1.13 bits per heavy atom. The predicted octanol–water partition coefficient (Wildman–Crippen LogP) is 4.63. The molecule has 2 unspecified atom stereocenters. The molecule has 0 bridgehead atoms. The third-order valence-electron chi connectivity index (χ3n) is 7.06. The van der Waals surface area contributed by atoms with E-state index in [1.807, 2.05) is 13.0 Å². The Hall–Kier alpha value is -2.49. The van der Waals surface area contributed by atoms with Gasteiger partial charge in [-0.15, -0.1) is 13.2 Å². The number of hydrogen-bond donors (Lipinski definition) is 3. The van der Waals surface area contributed by atoms with Gasteiger partial charge in [-0.05, 0) is 84.6 Å². The molecule has 1 saturated heterocycles. The second-order valence-corrected chi connectivity index (χ2v) is 13.3. The summed E-state index contributed by atoms with van der Waals surface area (Å²) in [6, 6.07) is -2.33. The molecule has 0 aromatic carbocycles. The van der Waals surface area contributed by atoms with Crippen molar-refractivity contribution in [2.75, 3.05) is 6.54 Å². The zero-order valence-electron chi connectivity index (χ0n) is 24.3. The zero-order valence-corrected chi connectivity index (χ0v) is 25.2. The first-order valence-electron chi connectivity index (χ1n) is 14.1. The lowest BCUT2D eigenvalue weighted by Crippen LogP contribution is -2.57. The number of alkyl carbamates (subject to hydrolysis) is 1. The molecule has 1 aliphatic heterocycles. The second-order valence-electron chi connectivity index (χ2n) is 11.9. The van der Waals surface area contributed by atoms with Crippen LogP contribution in [-0.2, 0) is 19.1 Å². The van der Waals surface area contributed by atoms with Crippen molar-refractivity contribution in [2.45, 2.75) is 121 Å². The van der Waals surface area contributed by atoms with Gasteiger partial charge in [-0.25, -0.2) is 4.79 Å². The van der Waals surface area contributed by atoms with Gasteiger partial charge in [0.2, 0.25) is 11.8 Å². The van der Waals surface area contributed by atoms with E-state index in [0.29, 0.717) is 25.8 Å². The first-order chi connectivity index (χ1) is 18.3. The van der Waals surface area contributed by atoms with Crippen LogP contribution in [-0.4, -0.2) is 63.7 Å². The molecule has 3 N–H and O–H groups in total. The second kappa shape index (κ2) is 14.8. The number of unbranched alkanes of at least 4 members (excludes halogenated alkanes) is 3. The highest BCUT2D eigenvalue weighted by molar-refractivity contribution is 7.99. The molecule has 2 rings (SSSR count). The SMILES string of the molecule is C=CCCCCC[C@H](NC(=O)OC(C)(C)C)C(=O)N1CCCC1C(=O)NC(C(=O)NSC1(C)CC1)[C@@H](C)C=C. The lowest BCUT2D eigenvalue weighted by atomic mass is 10.0. The minimum absolute atomic E-state index is 0.0537. The highest BCUT2D eigenvalue weighted by atomic mass is 32.2. The van der Waals surface area contributed by atoms with Gasteiger partial charge in [0.25, 0.3) is 5.91 Å². The quantitative estimate of drug-likeness (QED) is 0.152. The standard InChI is InChI=1S/C29H48N4O5S/c1-8-10-11-12-13-15-21(30-27(37)38-28(4,5)6)26(36)33-19-14-16-22(33)24(34)31-23(20(3)9-2)25(35)32-39-29(7)17-18-29/h8-9,20-23H,1-2,10-19H2,3-7H3,(H,30,37)(H,31,34)(H,32,35)/t20-,21-,22?,23?/m0/s1. The molecule has 1 aliphatic carbocycles. The Kier molecular flexibility index (Phi) is 12.4. The van der Waals surface area contributed by atoms with Crippen molar-refractivity contribution >= 4 is 35.8 Å². The number of carbonyl (C=O) groups is 4. The van der Waals surface area contributed by atoms with E-state index in [4.69, 9.17) is 4.74 Å². The molecule has 1 saturated carbocycles. The summed E-state index contributed by atoms with van der Waals surface area (Å²) in [6.07, 6.45) is 9.97. The lowest BCUT2D eigenvalue weighted by molar-refractivity contribution is -0.141. The number of ether oxygens (including phenoxy) is 1. The molecule has 1 heterocycles. The maximum Gasteiger partial charge on any atom is 0.408 e. The molecule has 39 heavy (non-hydrogen) atoms. The average molecular weight is 565 g/mol. The fraction of sp³-hybridized carbons (Fsp3) is 0.724. The van der Waals surface area contributed by atoms with Gasteiger partial charge in [0.05, 0.1) is 0 Å². The Morgan fingerprint density at radius 3 is 2.41 bits per heavy atom. The summed E-state index contributed by atoms with van der Waals surface area (Å²) in [5, 5.41) is 5.62. The number of likely N-dealkylation sites (tertiary alicyclic amines) is 1. The van der Waals surface area contributed by atoms with Gasteiger partial charge in [-0.2, -0.15) is 0 Å². The van der Waals surface area contributed by atoms with Crippen molar-refractivity contribution in [2.24, 2.45) is 5.92 Å². The van der Waals surface area contributed by atoms with Crippen molar-refractivity contribution in [3.05, 3.63) is 25.3 Å². The van der Waals surface area contributed by atoms with Gasteiger partial charge in [0.1, 0.15) is 23.7 Å². The van der Waals surface area contributed by atoms with Crippen LogP contribution in [0.5, 0.6) is 0 Å². The van der Waals surface area contributed by atoms with Gasteiger partial charge < -0.3 is 20.3 Å². The molecule has 0 radical (unpaired) electrons. The molecule has 0 aromatic heterocycles. The predicted molar refractivity (Wildman–Crippen MR) is 156 cm³/mol. The van der Waals surface area contributed by atoms with E-state index in [2.05, 4.69) is 35.4 Å². The summed E-state index contributed by atoms with van der Waals surface area (Å²) in [6.45, 7) is 17.1. The molecule has 4 amide bonds. The molecule has 220 valence electrons. The molecule has 0 aromatic rings. The molecular weight excluding hydrogens is 516 g/mol. The van der Waals surface area contributed by atoms with Crippen LogP contribution in [0.4, 0.5) is 4.79 Å². The van der Waals surface area contributed by atoms with E-state index < -0.39 is 29.8 Å². The Bertz CT molecular complexity index is 899. The third-order valence-corrected chi connectivity index (χ3v) is 8.26. The normalized spacial score (nSPS) is 20.2. The number of nitrogens with one attached hydrogen (secondary N) is 3. The monoisotopic (exact) mass is 564 g/mol. The first kappa shape index (κ1) is 32.7. The van der Waals surface area contributed by atoms with Crippen molar-refractivity contribution in [1.29, 1.82) is 0 Å². The van der Waals surface area contributed by atoms with Crippen LogP contribution in [0.1, 0.15) is 92.4 Å². The van der Waals surface area contributed by atoms with Crippen molar-refractivity contribution in [3.63, 3.8) is 0 Å². The van der Waals surface area contributed by atoms with Crippen molar-refractivity contribution in [3.8, 4) is 0 Å². The number of nitrogens with zero attached hydrogens (tertiary/aromatic N) is 1. The lowest BCUT2D eigenvalue weighted by Gasteiger charge is -2.31. The van der Waals surface area contributed by atoms with Crippen LogP contribution < -0.4 is 15.4 Å². The number of allylic oxidation sites excluding steroid dienone is 1. The molecule has 0 spiro atoms. The smallest absolute Gasteiger partial charge is 0.408 e. The minimum Gasteiger partial charge on any atom is -0.444 e. The van der Waals surface area contributed by atoms with Crippen LogP contribution in [0, 0.1) is 5.92 Å². The van der Waals surface area contributed by atoms with Crippen molar-refractivity contribution < 1.29 is 23.9 Å². The maximum atomic E-state index is 13.7. The van der Waals surface area contributed by atoms with E-state index in [1.165, 1.54) is 16.8 Å². The van der Waals surface area contributed by atoms with Gasteiger partial charge in [0.15, 0.2) is 0 Å². The van der Waals surface area contributed by atoms with Crippen LogP contribution in [0.2, 0.25) is 0 Å². The van der Waals surface area contributed by atoms with E-state index in [-0.39, 0.29) is 28.4 Å². The number of rotatable bonds is 15. The molecule has 2 fully saturated rings. The largest absolute Gasteiger partial charge is 0.444 e. The van der Waals surface area contributed by atoms with Gasteiger partial charge in [0, 0.05) is 17.2 Å². The summed E-state index contributed by atoms with van der Waals surface area (Å²) in [5.74, 6) is -1.27. The summed E-state index contributed by atoms with van der Waals surface area (Å²) in [4.78, 5) is 54.2. The van der Waals surface area contributed by atoms with E-state index >= 15 is 0 Å². The summed E-state index contributed by atoms with van der Waals surface area (Å²) >= 11 is 1.39. The highest BCUT2D eigenvalue weighted by Crippen LogP contribution is 2.46. The first-order valence-corrected chi connectivity index (χ1v) is 14.9. The third kappa shape index (κ3) is 10.9. The van der Waals surface area contributed by atoms with Gasteiger partial charge >= 0.3 is 6.09 Å². The van der Waals surface area contributed by atoms with Crippen LogP contribution in [0.25, 0.3) is 0 Å². The van der Waals surface area contributed by atoms with Crippen LogP contribution in [0.3, 0.4) is 0 Å². The average Bonchev–Trinajstić information content (AvgIpc) is 3.40. The fourth-order valence-electron chi connectivity index (χ4n) is 4.36. The number of hydrogen-bond acceptors (Lipinski definition) is 6.